The minimum absolute atomic E-state index is 0.283. The van der Waals surface area contributed by atoms with Gasteiger partial charge in [0, 0.05) is 6.04 Å². The van der Waals surface area contributed by atoms with Crippen LogP contribution in [0.2, 0.25) is 0 Å². The van der Waals surface area contributed by atoms with Gasteiger partial charge >= 0.3 is 0 Å². The Morgan fingerprint density at radius 1 is 1.40 bits per heavy atom. The molecule has 1 aromatic heterocycles. The topological polar surface area (TPSA) is 53.6 Å². The Morgan fingerprint density at radius 3 is 2.73 bits per heavy atom. The average Bonchev–Trinajstić information content (AvgIpc) is 2.74. The van der Waals surface area contributed by atoms with E-state index < -0.39 is 0 Å². The van der Waals surface area contributed by atoms with Crippen LogP contribution in [0.15, 0.2) is 6.33 Å². The predicted octanol–water partition coefficient (Wildman–Crippen LogP) is 2.03. The minimum atomic E-state index is 0.283. The lowest BCUT2D eigenvalue weighted by Gasteiger charge is -2.28. The number of H-pyrrole nitrogens is 1. The molecule has 2 N–H and O–H groups in total. The molecule has 0 aliphatic heterocycles. The highest BCUT2D eigenvalue weighted by Gasteiger charge is 2.20. The molecule has 15 heavy (non-hydrogen) atoms. The standard InChI is InChI=1S/C11H20N4/c1-8-3-5-10(6-4-8)14-9(2)11-12-7-13-15-11/h7-10,14H,3-6H2,1-2H3,(H,12,13,15). The second-order valence-electron chi connectivity index (χ2n) is 4.72. The minimum Gasteiger partial charge on any atom is -0.305 e. The van der Waals surface area contributed by atoms with Crippen molar-refractivity contribution in [3.63, 3.8) is 0 Å². The lowest BCUT2D eigenvalue weighted by Crippen LogP contribution is -2.35. The molecule has 1 atom stereocenters. The molecule has 1 aliphatic rings. The smallest absolute Gasteiger partial charge is 0.141 e. The molecule has 1 aliphatic carbocycles. The quantitative estimate of drug-likeness (QED) is 0.799. The van der Waals surface area contributed by atoms with E-state index in [-0.39, 0.29) is 6.04 Å². The Labute approximate surface area is 90.9 Å². The molecular weight excluding hydrogens is 188 g/mol. The Kier molecular flexibility index (Phi) is 3.36. The first-order valence-corrected chi connectivity index (χ1v) is 5.87. The van der Waals surface area contributed by atoms with E-state index in [2.05, 4.69) is 34.3 Å². The second-order valence-corrected chi connectivity index (χ2v) is 4.72. The molecule has 4 heteroatoms. The molecule has 0 amide bonds. The number of nitrogens with one attached hydrogen (secondary N) is 2. The molecule has 0 radical (unpaired) electrons. The molecule has 1 aromatic rings. The third kappa shape index (κ3) is 2.78. The lowest BCUT2D eigenvalue weighted by molar-refractivity contribution is 0.289. The fourth-order valence-electron chi connectivity index (χ4n) is 2.28. The van der Waals surface area contributed by atoms with E-state index in [9.17, 15) is 0 Å². The highest BCUT2D eigenvalue weighted by molar-refractivity contribution is 4.90. The van der Waals surface area contributed by atoms with E-state index in [4.69, 9.17) is 0 Å². The van der Waals surface area contributed by atoms with Crippen molar-refractivity contribution in [3.05, 3.63) is 12.2 Å². The Hall–Kier alpha value is -0.900. The highest BCUT2D eigenvalue weighted by atomic mass is 15.2. The van der Waals surface area contributed by atoms with E-state index in [1.807, 2.05) is 0 Å². The van der Waals surface area contributed by atoms with Crippen molar-refractivity contribution in [2.24, 2.45) is 5.92 Å². The van der Waals surface area contributed by atoms with Crippen molar-refractivity contribution >= 4 is 0 Å². The van der Waals surface area contributed by atoms with Crippen LogP contribution >= 0.6 is 0 Å². The zero-order valence-electron chi connectivity index (χ0n) is 9.53. The second kappa shape index (κ2) is 4.75. The SMILES string of the molecule is CC1CCC(NC(C)c2ncn[nH]2)CC1. The molecule has 0 bridgehead atoms. The number of nitrogens with zero attached hydrogens (tertiary/aromatic N) is 2. The van der Waals surface area contributed by atoms with Gasteiger partial charge in [-0.2, -0.15) is 5.10 Å². The Bertz CT molecular complexity index is 275. The Balaban J connectivity index is 1.82. The monoisotopic (exact) mass is 208 g/mol. The van der Waals surface area contributed by atoms with Crippen LogP contribution in [0.3, 0.4) is 0 Å². The third-order valence-corrected chi connectivity index (χ3v) is 3.35. The molecule has 0 spiro atoms. The van der Waals surface area contributed by atoms with Gasteiger partial charge in [-0.15, -0.1) is 0 Å². The van der Waals surface area contributed by atoms with Crippen LogP contribution in [0.1, 0.15) is 51.4 Å². The molecule has 1 saturated carbocycles. The highest BCUT2D eigenvalue weighted by Crippen LogP contribution is 2.24. The number of hydrogen-bond donors (Lipinski definition) is 2. The molecule has 1 heterocycles. The van der Waals surface area contributed by atoms with Gasteiger partial charge < -0.3 is 5.32 Å². The van der Waals surface area contributed by atoms with Crippen LogP contribution in [0.5, 0.6) is 0 Å². The number of aromatic nitrogens is 3. The van der Waals surface area contributed by atoms with Crippen LogP contribution < -0.4 is 5.32 Å². The number of aromatic amines is 1. The summed E-state index contributed by atoms with van der Waals surface area (Å²) in [6.07, 6.45) is 6.84. The maximum Gasteiger partial charge on any atom is 0.141 e. The first kappa shape index (κ1) is 10.6. The third-order valence-electron chi connectivity index (χ3n) is 3.35. The van der Waals surface area contributed by atoms with Crippen LogP contribution in [0, 0.1) is 5.92 Å². The maximum absolute atomic E-state index is 4.17. The summed E-state index contributed by atoms with van der Waals surface area (Å²) in [6.45, 7) is 4.48. The summed E-state index contributed by atoms with van der Waals surface area (Å²) >= 11 is 0. The van der Waals surface area contributed by atoms with Crippen molar-refractivity contribution in [2.75, 3.05) is 0 Å². The lowest BCUT2D eigenvalue weighted by atomic mass is 9.87. The first-order chi connectivity index (χ1) is 7.25. The van der Waals surface area contributed by atoms with Crippen molar-refractivity contribution in [1.29, 1.82) is 0 Å². The van der Waals surface area contributed by atoms with E-state index in [0.29, 0.717) is 6.04 Å². The van der Waals surface area contributed by atoms with Crippen LogP contribution in [0.4, 0.5) is 0 Å². The van der Waals surface area contributed by atoms with Crippen molar-refractivity contribution in [2.45, 2.75) is 51.6 Å². The van der Waals surface area contributed by atoms with E-state index in [0.717, 1.165) is 11.7 Å². The fraction of sp³-hybridized carbons (Fsp3) is 0.818. The zero-order valence-corrected chi connectivity index (χ0v) is 9.53. The normalized spacial score (nSPS) is 28.9. The summed E-state index contributed by atoms with van der Waals surface area (Å²) in [5.41, 5.74) is 0. The number of hydrogen-bond acceptors (Lipinski definition) is 3. The molecule has 84 valence electrons. The van der Waals surface area contributed by atoms with Gasteiger partial charge in [-0.3, -0.25) is 5.10 Å². The summed E-state index contributed by atoms with van der Waals surface area (Å²) in [7, 11) is 0. The molecule has 1 fully saturated rings. The van der Waals surface area contributed by atoms with Gasteiger partial charge in [-0.25, -0.2) is 4.98 Å². The van der Waals surface area contributed by atoms with Gasteiger partial charge in [0.25, 0.3) is 0 Å². The molecule has 0 aromatic carbocycles. The average molecular weight is 208 g/mol. The molecule has 2 rings (SSSR count). The van der Waals surface area contributed by atoms with Gasteiger partial charge in [0.2, 0.25) is 0 Å². The zero-order chi connectivity index (χ0) is 10.7. The molecular formula is C11H20N4. The van der Waals surface area contributed by atoms with Crippen LogP contribution in [0.25, 0.3) is 0 Å². The van der Waals surface area contributed by atoms with E-state index >= 15 is 0 Å². The van der Waals surface area contributed by atoms with Crippen LogP contribution in [-0.2, 0) is 0 Å². The Morgan fingerprint density at radius 2 is 2.13 bits per heavy atom. The van der Waals surface area contributed by atoms with Gasteiger partial charge in [0.15, 0.2) is 0 Å². The van der Waals surface area contributed by atoms with Gasteiger partial charge in [0.1, 0.15) is 12.2 Å². The van der Waals surface area contributed by atoms with Crippen LogP contribution in [-0.4, -0.2) is 21.2 Å². The van der Waals surface area contributed by atoms with Gasteiger partial charge in [0.05, 0.1) is 6.04 Å². The fourth-order valence-corrected chi connectivity index (χ4v) is 2.28. The summed E-state index contributed by atoms with van der Waals surface area (Å²) in [4.78, 5) is 4.17. The predicted molar refractivity (Wildman–Crippen MR) is 59.4 cm³/mol. The number of rotatable bonds is 3. The molecule has 4 nitrogen and oxygen atoms in total. The largest absolute Gasteiger partial charge is 0.305 e. The maximum atomic E-state index is 4.17. The van der Waals surface area contributed by atoms with Gasteiger partial charge in [-0.05, 0) is 38.5 Å². The summed E-state index contributed by atoms with van der Waals surface area (Å²) in [6, 6.07) is 0.937. The molecule has 0 saturated heterocycles. The van der Waals surface area contributed by atoms with Crippen molar-refractivity contribution in [1.82, 2.24) is 20.5 Å². The van der Waals surface area contributed by atoms with Crippen molar-refractivity contribution < 1.29 is 0 Å². The summed E-state index contributed by atoms with van der Waals surface area (Å²) in [5.74, 6) is 1.84. The molecule has 1 unspecified atom stereocenters. The summed E-state index contributed by atoms with van der Waals surface area (Å²) in [5, 5.41) is 10.4. The van der Waals surface area contributed by atoms with E-state index in [1.165, 1.54) is 25.7 Å². The first-order valence-electron chi connectivity index (χ1n) is 5.87. The van der Waals surface area contributed by atoms with Crippen molar-refractivity contribution in [3.8, 4) is 0 Å². The summed E-state index contributed by atoms with van der Waals surface area (Å²) < 4.78 is 0. The van der Waals surface area contributed by atoms with E-state index in [1.54, 1.807) is 6.33 Å². The van der Waals surface area contributed by atoms with Gasteiger partial charge in [-0.1, -0.05) is 6.92 Å².